The topological polar surface area (TPSA) is 66.5 Å². The number of nitrogens with zero attached hydrogens (tertiary/aromatic N) is 1. The van der Waals surface area contributed by atoms with E-state index in [9.17, 15) is 13.2 Å². The van der Waals surface area contributed by atoms with Crippen molar-refractivity contribution in [1.82, 2.24) is 9.62 Å². The lowest BCUT2D eigenvalue weighted by Crippen LogP contribution is -2.28. The van der Waals surface area contributed by atoms with Crippen LogP contribution in [0.15, 0.2) is 47.4 Å². The summed E-state index contributed by atoms with van der Waals surface area (Å²) < 4.78 is 25.6. The summed E-state index contributed by atoms with van der Waals surface area (Å²) in [7, 11) is -0.653. The van der Waals surface area contributed by atoms with Crippen molar-refractivity contribution in [2.75, 3.05) is 14.1 Å². The molecule has 1 N–H and O–H groups in total. The van der Waals surface area contributed by atoms with Crippen molar-refractivity contribution in [1.29, 1.82) is 0 Å². The van der Waals surface area contributed by atoms with Gasteiger partial charge in [0.25, 0.3) is 5.91 Å². The van der Waals surface area contributed by atoms with Crippen LogP contribution in [0.4, 0.5) is 0 Å². The molecule has 25 heavy (non-hydrogen) atoms. The largest absolute Gasteiger partial charge is 0.345 e. The van der Waals surface area contributed by atoms with Crippen molar-refractivity contribution in [3.8, 4) is 0 Å². The number of benzene rings is 2. The minimum atomic E-state index is -3.57. The fourth-order valence-corrected chi connectivity index (χ4v) is 4.13. The first-order valence-electron chi connectivity index (χ1n) is 7.91. The van der Waals surface area contributed by atoms with Crippen LogP contribution in [0.1, 0.15) is 33.9 Å². The van der Waals surface area contributed by atoms with Gasteiger partial charge in [-0.3, -0.25) is 4.79 Å². The molecule has 0 saturated heterocycles. The van der Waals surface area contributed by atoms with Crippen molar-refractivity contribution in [3.05, 3.63) is 64.2 Å². The third-order valence-corrected chi connectivity index (χ3v) is 6.41. The number of hydrogen-bond acceptors (Lipinski definition) is 3. The van der Waals surface area contributed by atoms with Gasteiger partial charge in [0.2, 0.25) is 10.0 Å². The van der Waals surface area contributed by atoms with Crippen molar-refractivity contribution >= 4 is 27.5 Å². The zero-order valence-electron chi connectivity index (χ0n) is 14.0. The van der Waals surface area contributed by atoms with Crippen LogP contribution in [-0.4, -0.2) is 32.7 Å². The predicted molar refractivity (Wildman–Crippen MR) is 97.3 cm³/mol. The van der Waals surface area contributed by atoms with Gasteiger partial charge >= 0.3 is 0 Å². The van der Waals surface area contributed by atoms with Crippen LogP contribution in [0.25, 0.3) is 0 Å². The number of sulfonamides is 1. The molecule has 0 saturated carbocycles. The number of aryl methyl sites for hydroxylation is 1. The second-order valence-electron chi connectivity index (χ2n) is 6.22. The Hall–Kier alpha value is -1.89. The number of carbonyl (C=O) groups is 1. The molecule has 0 heterocycles. The van der Waals surface area contributed by atoms with Gasteiger partial charge in [0, 0.05) is 24.7 Å². The van der Waals surface area contributed by atoms with Gasteiger partial charge in [-0.1, -0.05) is 23.7 Å². The molecular weight excluding hydrogens is 360 g/mol. The van der Waals surface area contributed by atoms with Gasteiger partial charge in [0.15, 0.2) is 0 Å². The van der Waals surface area contributed by atoms with Crippen molar-refractivity contribution in [2.24, 2.45) is 0 Å². The molecule has 1 aliphatic carbocycles. The zero-order valence-corrected chi connectivity index (χ0v) is 15.6. The molecule has 5 nitrogen and oxygen atoms in total. The molecule has 0 spiro atoms. The fourth-order valence-electron chi connectivity index (χ4n) is 2.99. The number of amides is 1. The second kappa shape index (κ2) is 6.78. The number of nitrogens with one attached hydrogen (secondary N) is 1. The van der Waals surface area contributed by atoms with E-state index in [4.69, 9.17) is 11.6 Å². The molecule has 3 rings (SSSR count). The van der Waals surface area contributed by atoms with Crippen LogP contribution in [0.5, 0.6) is 0 Å². The molecule has 1 unspecified atom stereocenters. The molecule has 0 bridgehead atoms. The third-order valence-electron chi connectivity index (χ3n) is 4.36. The molecule has 7 heteroatoms. The van der Waals surface area contributed by atoms with E-state index >= 15 is 0 Å². The molecule has 0 fully saturated rings. The highest BCUT2D eigenvalue weighted by atomic mass is 35.5. The van der Waals surface area contributed by atoms with E-state index in [0.29, 0.717) is 10.6 Å². The van der Waals surface area contributed by atoms with Crippen LogP contribution in [0, 0.1) is 0 Å². The molecule has 2 aromatic rings. The van der Waals surface area contributed by atoms with Gasteiger partial charge in [0.05, 0.1) is 10.9 Å². The van der Waals surface area contributed by atoms with E-state index in [1.54, 1.807) is 12.1 Å². The molecule has 2 aromatic carbocycles. The van der Waals surface area contributed by atoms with Gasteiger partial charge < -0.3 is 5.32 Å². The highest BCUT2D eigenvalue weighted by Gasteiger charge is 2.25. The Morgan fingerprint density at radius 1 is 1.20 bits per heavy atom. The minimum absolute atomic E-state index is 0.0890. The summed E-state index contributed by atoms with van der Waals surface area (Å²) in [6.07, 6.45) is 1.66. The highest BCUT2D eigenvalue weighted by Crippen LogP contribution is 2.33. The Kier molecular flexibility index (Phi) is 4.86. The first-order chi connectivity index (χ1) is 11.8. The van der Waals surface area contributed by atoms with Gasteiger partial charge in [-0.15, -0.1) is 0 Å². The Morgan fingerprint density at radius 3 is 2.68 bits per heavy atom. The summed E-state index contributed by atoms with van der Waals surface area (Å²) in [5.41, 5.74) is 2.53. The van der Waals surface area contributed by atoms with Crippen LogP contribution in [0.2, 0.25) is 5.02 Å². The van der Waals surface area contributed by atoms with Gasteiger partial charge in [-0.2, -0.15) is 0 Å². The van der Waals surface area contributed by atoms with E-state index in [-0.39, 0.29) is 16.8 Å². The summed E-state index contributed by atoms with van der Waals surface area (Å²) in [6.45, 7) is 0. The molecule has 0 aromatic heterocycles. The maximum atomic E-state index is 12.6. The van der Waals surface area contributed by atoms with Crippen molar-refractivity contribution < 1.29 is 13.2 Å². The highest BCUT2D eigenvalue weighted by molar-refractivity contribution is 7.89. The Labute approximate surface area is 152 Å². The van der Waals surface area contributed by atoms with Crippen LogP contribution in [-0.2, 0) is 16.4 Å². The van der Waals surface area contributed by atoms with Crippen molar-refractivity contribution in [2.45, 2.75) is 23.8 Å². The normalized spacial score (nSPS) is 16.7. The summed E-state index contributed by atoms with van der Waals surface area (Å²) >= 11 is 6.01. The number of hydrogen-bond donors (Lipinski definition) is 1. The Bertz CT molecular complexity index is 926. The molecule has 1 amide bonds. The fraction of sp³-hybridized carbons (Fsp3) is 0.278. The standard InChI is InChI=1S/C18H19ClN2O3S/c1-21(2)25(23,24)15-5-3-4-13(11-15)18(22)20-17-9-6-12-10-14(19)7-8-16(12)17/h3-5,7-8,10-11,17H,6,9H2,1-2H3,(H,20,22). The van der Waals surface area contributed by atoms with E-state index < -0.39 is 10.0 Å². The molecular formula is C18H19ClN2O3S. The van der Waals surface area contributed by atoms with E-state index in [1.165, 1.54) is 26.2 Å². The summed E-state index contributed by atoms with van der Waals surface area (Å²) in [5, 5.41) is 3.68. The average molecular weight is 379 g/mol. The zero-order chi connectivity index (χ0) is 18.2. The van der Waals surface area contributed by atoms with Crippen LogP contribution >= 0.6 is 11.6 Å². The summed E-state index contributed by atoms with van der Waals surface area (Å²) in [4.78, 5) is 12.7. The number of halogens is 1. The molecule has 0 aliphatic heterocycles. The molecule has 1 atom stereocenters. The van der Waals surface area contributed by atoms with Crippen LogP contribution < -0.4 is 5.32 Å². The predicted octanol–water partition coefficient (Wildman–Crippen LogP) is 3.01. The van der Waals surface area contributed by atoms with Crippen molar-refractivity contribution in [3.63, 3.8) is 0 Å². The SMILES string of the molecule is CN(C)S(=O)(=O)c1cccc(C(=O)NC2CCc3cc(Cl)ccc32)c1. The lowest BCUT2D eigenvalue weighted by Gasteiger charge is -2.15. The Morgan fingerprint density at radius 2 is 1.96 bits per heavy atom. The van der Waals surface area contributed by atoms with Gasteiger partial charge in [-0.25, -0.2) is 12.7 Å². The average Bonchev–Trinajstić information content (AvgIpc) is 2.96. The number of carbonyl (C=O) groups excluding carboxylic acids is 1. The second-order valence-corrected chi connectivity index (χ2v) is 8.81. The lowest BCUT2D eigenvalue weighted by atomic mass is 10.1. The van der Waals surface area contributed by atoms with E-state index in [1.807, 2.05) is 18.2 Å². The smallest absolute Gasteiger partial charge is 0.251 e. The van der Waals surface area contributed by atoms with Crippen LogP contribution in [0.3, 0.4) is 0 Å². The number of fused-ring (bicyclic) bond motifs is 1. The minimum Gasteiger partial charge on any atom is -0.345 e. The van der Waals surface area contributed by atoms with E-state index in [2.05, 4.69) is 5.32 Å². The van der Waals surface area contributed by atoms with Gasteiger partial charge in [-0.05, 0) is 54.3 Å². The van der Waals surface area contributed by atoms with E-state index in [0.717, 1.165) is 28.3 Å². The quantitative estimate of drug-likeness (QED) is 0.889. The lowest BCUT2D eigenvalue weighted by molar-refractivity contribution is 0.0936. The maximum absolute atomic E-state index is 12.6. The summed E-state index contributed by atoms with van der Waals surface area (Å²) in [5.74, 6) is -0.288. The monoisotopic (exact) mass is 378 g/mol. The molecule has 132 valence electrons. The maximum Gasteiger partial charge on any atom is 0.251 e. The third kappa shape index (κ3) is 3.56. The Balaban J connectivity index is 1.82. The van der Waals surface area contributed by atoms with Gasteiger partial charge in [0.1, 0.15) is 0 Å². The molecule has 1 aliphatic rings. The first kappa shape index (κ1) is 17.9. The number of rotatable bonds is 4. The first-order valence-corrected chi connectivity index (χ1v) is 9.72. The molecule has 0 radical (unpaired) electrons. The summed E-state index contributed by atoms with van der Waals surface area (Å²) in [6, 6.07) is 11.7.